The van der Waals surface area contributed by atoms with E-state index in [0.717, 1.165) is 37.4 Å². The number of carbonyl (C=O) groups is 1. The van der Waals surface area contributed by atoms with E-state index in [1.54, 1.807) is 24.3 Å². The highest BCUT2D eigenvalue weighted by Crippen LogP contribution is 2.20. The van der Waals surface area contributed by atoms with Gasteiger partial charge in [-0.15, -0.1) is 0 Å². The van der Waals surface area contributed by atoms with Crippen LogP contribution < -0.4 is 10.1 Å². The standard InChI is InChI=1S/C26H28N2O3S/c29-26(27-22-15-17-28(18-16-22)19-21-7-3-1-4-8-21)20-31-23-11-13-25(14-12-23)32(30)24-9-5-2-6-10-24/h1-14,22H,15-20H2,(H,27,29). The second-order valence-corrected chi connectivity index (χ2v) is 9.43. The summed E-state index contributed by atoms with van der Waals surface area (Å²) in [7, 11) is -1.23. The monoisotopic (exact) mass is 448 g/mol. The summed E-state index contributed by atoms with van der Waals surface area (Å²) in [5, 5.41) is 3.09. The SMILES string of the molecule is O=C(COc1ccc(S(=O)c2ccccc2)cc1)NC1CCN(Cc2ccccc2)CC1. The molecule has 1 unspecified atom stereocenters. The molecule has 0 aliphatic carbocycles. The van der Waals surface area contributed by atoms with Gasteiger partial charge in [-0.2, -0.15) is 0 Å². The predicted molar refractivity (Wildman–Crippen MR) is 126 cm³/mol. The fraction of sp³-hybridized carbons (Fsp3) is 0.269. The molecule has 166 valence electrons. The minimum Gasteiger partial charge on any atom is -0.484 e. The first-order chi connectivity index (χ1) is 15.7. The molecule has 3 aromatic carbocycles. The van der Waals surface area contributed by atoms with Gasteiger partial charge in [0, 0.05) is 35.5 Å². The van der Waals surface area contributed by atoms with Gasteiger partial charge in [0.15, 0.2) is 6.61 Å². The molecular weight excluding hydrogens is 420 g/mol. The number of hydrogen-bond acceptors (Lipinski definition) is 4. The number of ether oxygens (including phenoxy) is 1. The summed E-state index contributed by atoms with van der Waals surface area (Å²) in [6.45, 7) is 2.88. The van der Waals surface area contributed by atoms with E-state index in [9.17, 15) is 9.00 Å². The van der Waals surface area contributed by atoms with Gasteiger partial charge in [0.1, 0.15) is 5.75 Å². The van der Waals surface area contributed by atoms with Gasteiger partial charge in [-0.1, -0.05) is 48.5 Å². The summed E-state index contributed by atoms with van der Waals surface area (Å²) >= 11 is 0. The number of carbonyl (C=O) groups excluding carboxylic acids is 1. The van der Waals surface area contributed by atoms with Crippen molar-refractivity contribution >= 4 is 16.7 Å². The highest BCUT2D eigenvalue weighted by atomic mass is 32.2. The van der Waals surface area contributed by atoms with Crippen molar-refractivity contribution in [2.75, 3.05) is 19.7 Å². The fourth-order valence-corrected chi connectivity index (χ4v) is 4.89. The molecule has 0 saturated carbocycles. The molecule has 3 aromatic rings. The van der Waals surface area contributed by atoms with E-state index in [2.05, 4.69) is 34.5 Å². The lowest BCUT2D eigenvalue weighted by atomic mass is 10.0. The van der Waals surface area contributed by atoms with Gasteiger partial charge in [-0.05, 0) is 54.8 Å². The van der Waals surface area contributed by atoms with E-state index >= 15 is 0 Å². The largest absolute Gasteiger partial charge is 0.484 e. The maximum absolute atomic E-state index is 12.6. The van der Waals surface area contributed by atoms with Crippen LogP contribution in [-0.2, 0) is 22.1 Å². The highest BCUT2D eigenvalue weighted by Gasteiger charge is 2.20. The smallest absolute Gasteiger partial charge is 0.258 e. The lowest BCUT2D eigenvalue weighted by Gasteiger charge is -2.32. The number of piperidine rings is 1. The Balaban J connectivity index is 1.19. The fourth-order valence-electron chi connectivity index (χ4n) is 3.83. The molecule has 1 fully saturated rings. The van der Waals surface area contributed by atoms with Crippen molar-refractivity contribution < 1.29 is 13.7 Å². The van der Waals surface area contributed by atoms with Crippen LogP contribution in [0.2, 0.25) is 0 Å². The third-order valence-electron chi connectivity index (χ3n) is 5.57. The minimum absolute atomic E-state index is 0.0225. The van der Waals surface area contributed by atoms with Crippen LogP contribution in [0.15, 0.2) is 94.7 Å². The number of rotatable bonds is 8. The second kappa shape index (κ2) is 11.1. The van der Waals surface area contributed by atoms with Crippen LogP contribution in [-0.4, -0.2) is 40.8 Å². The van der Waals surface area contributed by atoms with Gasteiger partial charge in [-0.3, -0.25) is 9.69 Å². The summed E-state index contributed by atoms with van der Waals surface area (Å²) in [6, 6.07) is 27.1. The number of benzene rings is 3. The molecule has 1 heterocycles. The van der Waals surface area contributed by atoms with E-state index in [0.29, 0.717) is 10.6 Å². The molecule has 0 spiro atoms. The summed E-state index contributed by atoms with van der Waals surface area (Å²) in [6.07, 6.45) is 1.89. The zero-order valence-corrected chi connectivity index (χ0v) is 18.8. The van der Waals surface area contributed by atoms with E-state index < -0.39 is 10.8 Å². The van der Waals surface area contributed by atoms with Crippen molar-refractivity contribution in [2.45, 2.75) is 35.2 Å². The Labute approximate surface area is 191 Å². The van der Waals surface area contributed by atoms with Crippen LogP contribution >= 0.6 is 0 Å². The Bertz CT molecular complexity index is 1020. The number of likely N-dealkylation sites (tertiary alicyclic amines) is 1. The van der Waals surface area contributed by atoms with Crippen molar-refractivity contribution in [1.29, 1.82) is 0 Å². The molecule has 0 radical (unpaired) electrons. The zero-order valence-electron chi connectivity index (χ0n) is 18.0. The topological polar surface area (TPSA) is 58.6 Å². The van der Waals surface area contributed by atoms with Crippen LogP contribution in [0.5, 0.6) is 5.75 Å². The van der Waals surface area contributed by atoms with Gasteiger partial charge < -0.3 is 10.1 Å². The molecular formula is C26H28N2O3S. The second-order valence-electron chi connectivity index (χ2n) is 7.95. The van der Waals surface area contributed by atoms with E-state index in [1.165, 1.54) is 5.56 Å². The van der Waals surface area contributed by atoms with E-state index in [1.807, 2.05) is 36.4 Å². The van der Waals surface area contributed by atoms with Gasteiger partial charge >= 0.3 is 0 Å². The maximum Gasteiger partial charge on any atom is 0.258 e. The van der Waals surface area contributed by atoms with Crippen molar-refractivity contribution in [3.8, 4) is 5.75 Å². The molecule has 32 heavy (non-hydrogen) atoms. The number of hydrogen-bond donors (Lipinski definition) is 1. The van der Waals surface area contributed by atoms with Crippen LogP contribution in [0.25, 0.3) is 0 Å². The van der Waals surface area contributed by atoms with E-state index in [4.69, 9.17) is 4.74 Å². The van der Waals surface area contributed by atoms with E-state index in [-0.39, 0.29) is 18.6 Å². The lowest BCUT2D eigenvalue weighted by Crippen LogP contribution is -2.45. The Morgan fingerprint density at radius 3 is 2.12 bits per heavy atom. The zero-order chi connectivity index (χ0) is 22.2. The molecule has 1 atom stereocenters. The van der Waals surface area contributed by atoms with Gasteiger partial charge in [-0.25, -0.2) is 4.21 Å². The third-order valence-corrected chi connectivity index (χ3v) is 6.97. The molecule has 6 heteroatoms. The van der Waals surface area contributed by atoms with Crippen LogP contribution in [0, 0.1) is 0 Å². The molecule has 5 nitrogen and oxygen atoms in total. The first-order valence-electron chi connectivity index (χ1n) is 10.9. The third kappa shape index (κ3) is 6.28. The van der Waals surface area contributed by atoms with Crippen molar-refractivity contribution in [2.24, 2.45) is 0 Å². The lowest BCUT2D eigenvalue weighted by molar-refractivity contribution is -0.124. The highest BCUT2D eigenvalue weighted by molar-refractivity contribution is 7.85. The Hall–Kier alpha value is -2.96. The maximum atomic E-state index is 12.6. The van der Waals surface area contributed by atoms with Gasteiger partial charge in [0.25, 0.3) is 5.91 Å². The Morgan fingerprint density at radius 2 is 1.47 bits per heavy atom. The molecule has 1 aliphatic heterocycles. The average Bonchev–Trinajstić information content (AvgIpc) is 2.85. The normalized spacial score (nSPS) is 15.8. The number of amides is 1. The first kappa shape index (κ1) is 22.2. The number of nitrogens with zero attached hydrogens (tertiary/aromatic N) is 1. The predicted octanol–water partition coefficient (Wildman–Crippen LogP) is 4.01. The Kier molecular flexibility index (Phi) is 7.69. The quantitative estimate of drug-likeness (QED) is 0.566. The summed E-state index contributed by atoms with van der Waals surface area (Å²) < 4.78 is 18.2. The summed E-state index contributed by atoms with van der Waals surface area (Å²) in [5.74, 6) is 0.482. The minimum atomic E-state index is -1.23. The molecule has 1 N–H and O–H groups in total. The first-order valence-corrected chi connectivity index (χ1v) is 12.1. The molecule has 1 amide bonds. The van der Waals surface area contributed by atoms with Crippen LogP contribution in [0.3, 0.4) is 0 Å². The van der Waals surface area contributed by atoms with Crippen molar-refractivity contribution in [3.05, 3.63) is 90.5 Å². The average molecular weight is 449 g/mol. The van der Waals surface area contributed by atoms with Crippen LogP contribution in [0.4, 0.5) is 0 Å². The van der Waals surface area contributed by atoms with Gasteiger partial charge in [0.05, 0.1) is 10.8 Å². The summed E-state index contributed by atoms with van der Waals surface area (Å²) in [4.78, 5) is 16.2. The van der Waals surface area contributed by atoms with Crippen molar-refractivity contribution in [3.63, 3.8) is 0 Å². The molecule has 0 aromatic heterocycles. The molecule has 1 saturated heterocycles. The van der Waals surface area contributed by atoms with Crippen LogP contribution in [0.1, 0.15) is 18.4 Å². The molecule has 0 bridgehead atoms. The Morgan fingerprint density at radius 1 is 0.875 bits per heavy atom. The van der Waals surface area contributed by atoms with Crippen molar-refractivity contribution in [1.82, 2.24) is 10.2 Å². The summed E-state index contributed by atoms with van der Waals surface area (Å²) in [5.41, 5.74) is 1.32. The van der Waals surface area contributed by atoms with Gasteiger partial charge in [0.2, 0.25) is 0 Å². The molecule has 4 rings (SSSR count). The molecule has 1 aliphatic rings. The number of nitrogens with one attached hydrogen (secondary N) is 1.